The molecule has 1 aromatic carbocycles. The summed E-state index contributed by atoms with van der Waals surface area (Å²) in [6, 6.07) is 10.9. The van der Waals surface area contributed by atoms with Gasteiger partial charge in [0, 0.05) is 6.04 Å². The van der Waals surface area contributed by atoms with Crippen LogP contribution in [0.25, 0.3) is 6.08 Å². The van der Waals surface area contributed by atoms with E-state index in [2.05, 4.69) is 50.3 Å². The Morgan fingerprint density at radius 2 is 1.88 bits per heavy atom. The lowest BCUT2D eigenvalue weighted by Gasteiger charge is -2.10. The van der Waals surface area contributed by atoms with Gasteiger partial charge >= 0.3 is 0 Å². The lowest BCUT2D eigenvalue weighted by Crippen LogP contribution is -2.06. The van der Waals surface area contributed by atoms with Gasteiger partial charge in [0.15, 0.2) is 0 Å². The van der Waals surface area contributed by atoms with Crippen LogP contribution in [0.3, 0.4) is 0 Å². The van der Waals surface area contributed by atoms with Gasteiger partial charge in [0.05, 0.1) is 0 Å². The van der Waals surface area contributed by atoms with E-state index in [4.69, 9.17) is 5.73 Å². The summed E-state index contributed by atoms with van der Waals surface area (Å²) in [7, 11) is 0. The number of halogens is 1. The molecule has 88 valence electrons. The Bertz CT molecular complexity index is 356. The van der Waals surface area contributed by atoms with Crippen LogP contribution in [0.5, 0.6) is 0 Å². The van der Waals surface area contributed by atoms with E-state index in [1.165, 1.54) is 11.1 Å². The number of nitrogens with two attached hydrogens (primary N) is 1. The molecule has 1 unspecified atom stereocenters. The fourth-order valence-corrected chi connectivity index (χ4v) is 2.04. The third kappa shape index (κ3) is 3.10. The highest BCUT2D eigenvalue weighted by Gasteiger charge is 2.37. The largest absolute Gasteiger partial charge is 0.327 e. The van der Waals surface area contributed by atoms with Crippen molar-refractivity contribution in [3.63, 3.8) is 0 Å². The van der Waals surface area contributed by atoms with Gasteiger partial charge in [0.25, 0.3) is 0 Å². The van der Waals surface area contributed by atoms with Gasteiger partial charge < -0.3 is 5.73 Å². The van der Waals surface area contributed by atoms with E-state index in [9.17, 15) is 0 Å². The van der Waals surface area contributed by atoms with Crippen molar-refractivity contribution in [2.45, 2.75) is 26.3 Å². The van der Waals surface area contributed by atoms with Gasteiger partial charge in [-0.25, -0.2) is 0 Å². The molecule has 0 amide bonds. The molecule has 1 aromatic rings. The fraction of sp³-hybridized carbons (Fsp3) is 0.429. The Labute approximate surface area is 104 Å². The van der Waals surface area contributed by atoms with Crippen LogP contribution in [-0.2, 0) is 0 Å². The van der Waals surface area contributed by atoms with Crippen LogP contribution in [0.2, 0.25) is 0 Å². The summed E-state index contributed by atoms with van der Waals surface area (Å²) in [6.07, 6.45) is 3.47. The van der Waals surface area contributed by atoms with E-state index < -0.39 is 0 Å². The molecule has 2 heteroatoms. The van der Waals surface area contributed by atoms with Crippen molar-refractivity contribution in [3.8, 4) is 0 Å². The standard InChI is InChI=1S/C14H19N.ClH/c1-10(2)12(13-9-14(13)15)8-11-6-4-3-5-7-11;/h3-8,10,13-14H,9,15H2,1-2H3;1H/t13-,14?;/m0./s1. The topological polar surface area (TPSA) is 26.0 Å². The minimum atomic E-state index is 0. The molecular formula is C14H20ClN. The van der Waals surface area contributed by atoms with Gasteiger partial charge in [-0.2, -0.15) is 0 Å². The lowest BCUT2D eigenvalue weighted by molar-refractivity contribution is 0.699. The van der Waals surface area contributed by atoms with Crippen LogP contribution in [0.15, 0.2) is 35.9 Å². The summed E-state index contributed by atoms with van der Waals surface area (Å²) in [6.45, 7) is 4.50. The lowest BCUT2D eigenvalue weighted by atomic mass is 9.96. The van der Waals surface area contributed by atoms with Crippen molar-refractivity contribution in [3.05, 3.63) is 41.5 Å². The molecule has 0 spiro atoms. The molecule has 2 N–H and O–H groups in total. The fourth-order valence-electron chi connectivity index (χ4n) is 2.04. The SMILES string of the molecule is CC(C)C(=Cc1ccccc1)[C@@H]1CC1N.Cl. The maximum atomic E-state index is 5.92. The minimum Gasteiger partial charge on any atom is -0.327 e. The smallest absolute Gasteiger partial charge is 0.0112 e. The highest BCUT2D eigenvalue weighted by atomic mass is 35.5. The van der Waals surface area contributed by atoms with Crippen LogP contribution in [0, 0.1) is 11.8 Å². The number of hydrogen-bond donors (Lipinski definition) is 1. The predicted octanol–water partition coefficient (Wildman–Crippen LogP) is 3.50. The first-order valence-corrected chi connectivity index (χ1v) is 5.70. The van der Waals surface area contributed by atoms with Gasteiger partial charge in [-0.15, -0.1) is 12.4 Å². The monoisotopic (exact) mass is 237 g/mol. The molecular weight excluding hydrogens is 218 g/mol. The molecule has 2 rings (SSSR count). The average Bonchev–Trinajstić information content (AvgIpc) is 2.93. The molecule has 1 nitrogen and oxygen atoms in total. The van der Waals surface area contributed by atoms with Crippen molar-refractivity contribution in [1.82, 2.24) is 0 Å². The molecule has 1 aliphatic rings. The second-order valence-electron chi connectivity index (χ2n) is 4.72. The van der Waals surface area contributed by atoms with Crippen molar-refractivity contribution < 1.29 is 0 Å². The molecule has 1 saturated carbocycles. The molecule has 1 aliphatic carbocycles. The summed E-state index contributed by atoms with van der Waals surface area (Å²) < 4.78 is 0. The van der Waals surface area contributed by atoms with E-state index in [1.54, 1.807) is 0 Å². The Kier molecular flexibility index (Phi) is 4.57. The summed E-state index contributed by atoms with van der Waals surface area (Å²) in [5.41, 5.74) is 8.72. The third-order valence-corrected chi connectivity index (χ3v) is 3.07. The van der Waals surface area contributed by atoms with Gasteiger partial charge in [0.1, 0.15) is 0 Å². The maximum Gasteiger partial charge on any atom is 0.0112 e. The molecule has 1 fully saturated rings. The van der Waals surface area contributed by atoms with Crippen molar-refractivity contribution in [2.75, 3.05) is 0 Å². The quantitative estimate of drug-likeness (QED) is 0.856. The third-order valence-electron chi connectivity index (χ3n) is 3.07. The maximum absolute atomic E-state index is 5.92. The number of rotatable bonds is 3. The molecule has 0 radical (unpaired) electrons. The summed E-state index contributed by atoms with van der Waals surface area (Å²) >= 11 is 0. The molecule has 0 saturated heterocycles. The Balaban J connectivity index is 0.00000128. The zero-order chi connectivity index (χ0) is 10.8. The van der Waals surface area contributed by atoms with E-state index in [-0.39, 0.29) is 12.4 Å². The second-order valence-corrected chi connectivity index (χ2v) is 4.72. The first-order valence-electron chi connectivity index (χ1n) is 5.70. The Morgan fingerprint density at radius 1 is 1.31 bits per heavy atom. The number of benzene rings is 1. The van der Waals surface area contributed by atoms with E-state index in [0.717, 1.165) is 6.42 Å². The highest BCUT2D eigenvalue weighted by molar-refractivity contribution is 5.85. The highest BCUT2D eigenvalue weighted by Crippen LogP contribution is 2.39. The summed E-state index contributed by atoms with van der Waals surface area (Å²) in [5.74, 6) is 1.23. The first-order chi connectivity index (χ1) is 7.18. The zero-order valence-electron chi connectivity index (χ0n) is 9.89. The Hall–Kier alpha value is -0.790. The average molecular weight is 238 g/mol. The van der Waals surface area contributed by atoms with E-state index in [1.807, 2.05) is 0 Å². The van der Waals surface area contributed by atoms with Crippen LogP contribution >= 0.6 is 12.4 Å². The van der Waals surface area contributed by atoms with Gasteiger partial charge in [-0.3, -0.25) is 0 Å². The van der Waals surface area contributed by atoms with Crippen LogP contribution < -0.4 is 5.73 Å². The Morgan fingerprint density at radius 3 is 2.31 bits per heavy atom. The molecule has 2 atom stereocenters. The van der Waals surface area contributed by atoms with E-state index >= 15 is 0 Å². The van der Waals surface area contributed by atoms with Gasteiger partial charge in [0.2, 0.25) is 0 Å². The summed E-state index contributed by atoms with van der Waals surface area (Å²) in [5, 5.41) is 0. The normalized spacial score (nSPS) is 24.1. The molecule has 0 aliphatic heterocycles. The van der Waals surface area contributed by atoms with E-state index in [0.29, 0.717) is 17.9 Å². The summed E-state index contributed by atoms with van der Waals surface area (Å²) in [4.78, 5) is 0. The second kappa shape index (κ2) is 5.51. The molecule has 16 heavy (non-hydrogen) atoms. The molecule has 0 aromatic heterocycles. The van der Waals surface area contributed by atoms with Crippen LogP contribution in [0.1, 0.15) is 25.8 Å². The minimum absolute atomic E-state index is 0. The first kappa shape index (κ1) is 13.3. The predicted molar refractivity (Wildman–Crippen MR) is 72.6 cm³/mol. The van der Waals surface area contributed by atoms with Gasteiger partial charge in [-0.1, -0.05) is 55.8 Å². The molecule has 0 heterocycles. The van der Waals surface area contributed by atoms with Crippen molar-refractivity contribution in [1.29, 1.82) is 0 Å². The van der Waals surface area contributed by atoms with Crippen molar-refractivity contribution in [2.24, 2.45) is 17.6 Å². The number of hydrogen-bond acceptors (Lipinski definition) is 1. The van der Waals surface area contributed by atoms with Crippen molar-refractivity contribution >= 4 is 18.5 Å². The van der Waals surface area contributed by atoms with Crippen LogP contribution in [-0.4, -0.2) is 6.04 Å². The van der Waals surface area contributed by atoms with Crippen LogP contribution in [0.4, 0.5) is 0 Å². The van der Waals surface area contributed by atoms with Gasteiger partial charge in [-0.05, 0) is 23.8 Å². The molecule has 0 bridgehead atoms. The zero-order valence-corrected chi connectivity index (χ0v) is 10.7.